The van der Waals surface area contributed by atoms with Crippen LogP contribution in [0.3, 0.4) is 0 Å². The van der Waals surface area contributed by atoms with Crippen LogP contribution in [-0.4, -0.2) is 38.7 Å². The molecular formula is C18H22N4O4. The van der Waals surface area contributed by atoms with E-state index < -0.39 is 17.4 Å². The topological polar surface area (TPSA) is 120 Å². The van der Waals surface area contributed by atoms with Crippen LogP contribution >= 0.6 is 0 Å². The maximum Gasteiger partial charge on any atom is 0.329 e. The minimum atomic E-state index is -1.93. The van der Waals surface area contributed by atoms with Crippen molar-refractivity contribution in [2.75, 3.05) is 12.8 Å². The number of hydrogen-bond donors (Lipinski definition) is 2. The lowest BCUT2D eigenvalue weighted by molar-refractivity contribution is -0.160. The highest BCUT2D eigenvalue weighted by Gasteiger charge is 2.51. The van der Waals surface area contributed by atoms with Gasteiger partial charge in [0.1, 0.15) is 5.82 Å². The molecule has 138 valence electrons. The molecule has 2 aromatic heterocycles. The third-order valence-corrected chi connectivity index (χ3v) is 5.00. The number of nitrogens with two attached hydrogens (primary N) is 1. The number of carbonyl (C=O) groups excluding carboxylic acids is 1. The molecule has 0 bridgehead atoms. The Morgan fingerprint density at radius 1 is 1.35 bits per heavy atom. The number of anilines is 1. The molecule has 1 aliphatic rings. The van der Waals surface area contributed by atoms with Crippen LogP contribution < -0.4 is 5.73 Å². The van der Waals surface area contributed by atoms with Gasteiger partial charge in [0.25, 0.3) is 0 Å². The highest BCUT2D eigenvalue weighted by atomic mass is 16.5. The van der Waals surface area contributed by atoms with Crippen LogP contribution in [0.15, 0.2) is 30.9 Å². The van der Waals surface area contributed by atoms with Crippen molar-refractivity contribution in [1.29, 1.82) is 0 Å². The van der Waals surface area contributed by atoms with Crippen LogP contribution in [-0.2, 0) is 26.2 Å². The van der Waals surface area contributed by atoms with Gasteiger partial charge in [-0.3, -0.25) is 9.59 Å². The van der Waals surface area contributed by atoms with Gasteiger partial charge < -0.3 is 20.1 Å². The summed E-state index contributed by atoms with van der Waals surface area (Å²) in [5, 5.41) is 9.97. The van der Waals surface area contributed by atoms with Crippen LogP contribution in [0, 0.1) is 0 Å². The number of imidazole rings is 1. The molecule has 1 fully saturated rings. The summed E-state index contributed by atoms with van der Waals surface area (Å²) in [5.41, 5.74) is 4.38. The molecule has 0 amide bonds. The van der Waals surface area contributed by atoms with E-state index in [0.29, 0.717) is 17.4 Å². The fraction of sp³-hybridized carbons (Fsp3) is 0.444. The molecule has 2 aromatic rings. The van der Waals surface area contributed by atoms with Crippen LogP contribution in [0.4, 0.5) is 5.82 Å². The average molecular weight is 358 g/mol. The average Bonchev–Trinajstić information content (AvgIpc) is 3.31. The van der Waals surface area contributed by atoms with Crippen LogP contribution in [0.1, 0.15) is 43.0 Å². The molecule has 8 nitrogen and oxygen atoms in total. The van der Waals surface area contributed by atoms with Crippen molar-refractivity contribution in [3.8, 4) is 0 Å². The van der Waals surface area contributed by atoms with Crippen molar-refractivity contribution in [2.45, 2.75) is 43.6 Å². The number of pyridine rings is 1. The number of carboxylic acid groups (broad SMARTS) is 1. The number of carbonyl (C=O) groups is 2. The van der Waals surface area contributed by atoms with Gasteiger partial charge in [-0.1, -0.05) is 18.9 Å². The number of aromatic nitrogens is 3. The molecule has 1 unspecified atom stereocenters. The van der Waals surface area contributed by atoms with Gasteiger partial charge in [-0.2, -0.15) is 0 Å². The molecule has 26 heavy (non-hydrogen) atoms. The molecule has 1 aliphatic carbocycles. The monoisotopic (exact) mass is 358 g/mol. The minimum absolute atomic E-state index is 0.121. The van der Waals surface area contributed by atoms with Gasteiger partial charge in [-0.25, -0.2) is 9.97 Å². The van der Waals surface area contributed by atoms with Gasteiger partial charge >= 0.3 is 11.9 Å². The van der Waals surface area contributed by atoms with Gasteiger partial charge in [-0.05, 0) is 24.5 Å². The zero-order valence-corrected chi connectivity index (χ0v) is 14.6. The second kappa shape index (κ2) is 7.15. The molecule has 0 saturated heterocycles. The summed E-state index contributed by atoms with van der Waals surface area (Å²) in [7, 11) is 1.18. The van der Waals surface area contributed by atoms with Crippen LogP contribution in [0.5, 0.6) is 0 Å². The lowest BCUT2D eigenvalue weighted by atomic mass is 9.79. The third-order valence-electron chi connectivity index (χ3n) is 5.00. The summed E-state index contributed by atoms with van der Waals surface area (Å²) in [6.45, 7) is 0. The van der Waals surface area contributed by atoms with Gasteiger partial charge in [0.05, 0.1) is 19.1 Å². The standard InChI is InChI=1S/C18H22N4O4/c1-26-17(25)18(16(23)24,8-12-6-7-15(19)20-9-12)14-10-22(11-21-14)13-4-2-3-5-13/h6-7,9-11,13H,2-5,8H2,1H3,(H2,19,20)(H,23,24). The number of nitrogens with zero attached hydrogens (tertiary/aromatic N) is 3. The maximum absolute atomic E-state index is 12.6. The fourth-order valence-electron chi connectivity index (χ4n) is 3.52. The molecule has 0 aliphatic heterocycles. The largest absolute Gasteiger partial charge is 0.480 e. The molecule has 2 heterocycles. The molecule has 0 radical (unpaired) electrons. The lowest BCUT2D eigenvalue weighted by Crippen LogP contribution is -2.47. The SMILES string of the molecule is COC(=O)C(Cc1ccc(N)nc1)(C(=O)O)c1cn(C2CCCC2)cn1. The van der Waals surface area contributed by atoms with Gasteiger partial charge in [0.2, 0.25) is 5.41 Å². The number of carboxylic acids is 1. The van der Waals surface area contributed by atoms with Crippen molar-refractivity contribution < 1.29 is 19.4 Å². The highest BCUT2D eigenvalue weighted by Crippen LogP contribution is 2.33. The lowest BCUT2D eigenvalue weighted by Gasteiger charge is -2.25. The molecule has 8 heteroatoms. The Kier molecular flexibility index (Phi) is 4.92. The summed E-state index contributed by atoms with van der Waals surface area (Å²) in [6, 6.07) is 3.51. The van der Waals surface area contributed by atoms with Gasteiger partial charge in [0.15, 0.2) is 0 Å². The van der Waals surface area contributed by atoms with Gasteiger partial charge in [0, 0.05) is 24.9 Å². The Morgan fingerprint density at radius 3 is 2.65 bits per heavy atom. The fourth-order valence-corrected chi connectivity index (χ4v) is 3.52. The van der Waals surface area contributed by atoms with Crippen molar-refractivity contribution in [2.24, 2.45) is 0 Å². The molecule has 0 aromatic carbocycles. The third kappa shape index (κ3) is 3.14. The number of ether oxygens (including phenoxy) is 1. The van der Waals surface area contributed by atoms with Crippen molar-refractivity contribution in [1.82, 2.24) is 14.5 Å². The smallest absolute Gasteiger partial charge is 0.329 e. The number of hydrogen-bond acceptors (Lipinski definition) is 6. The Balaban J connectivity index is 2.03. The molecule has 3 N–H and O–H groups in total. The second-order valence-electron chi connectivity index (χ2n) is 6.61. The quantitative estimate of drug-likeness (QED) is 0.596. The summed E-state index contributed by atoms with van der Waals surface area (Å²) in [6.07, 6.45) is 8.92. The van der Waals surface area contributed by atoms with E-state index in [9.17, 15) is 14.7 Å². The number of rotatable bonds is 6. The molecular weight excluding hydrogens is 336 g/mol. The van der Waals surface area contributed by atoms with Crippen molar-refractivity contribution in [3.05, 3.63) is 42.1 Å². The number of aliphatic carboxylic acids is 1. The highest BCUT2D eigenvalue weighted by molar-refractivity contribution is 6.05. The Hall–Kier alpha value is -2.90. The summed E-state index contributed by atoms with van der Waals surface area (Å²) >= 11 is 0. The zero-order valence-electron chi connectivity index (χ0n) is 14.6. The first-order valence-corrected chi connectivity index (χ1v) is 8.53. The van der Waals surface area contributed by atoms with E-state index in [-0.39, 0.29) is 12.1 Å². The van der Waals surface area contributed by atoms with E-state index >= 15 is 0 Å². The number of esters is 1. The number of nitrogen functional groups attached to an aromatic ring is 1. The summed E-state index contributed by atoms with van der Waals surface area (Å²) in [4.78, 5) is 33.1. The van der Waals surface area contributed by atoms with E-state index in [1.54, 1.807) is 24.7 Å². The normalized spacial score (nSPS) is 17.0. The summed E-state index contributed by atoms with van der Waals surface area (Å²) in [5.74, 6) is -1.85. The predicted molar refractivity (Wildman–Crippen MR) is 93.4 cm³/mol. The Bertz CT molecular complexity index is 796. The van der Waals surface area contributed by atoms with Crippen LogP contribution in [0.2, 0.25) is 0 Å². The maximum atomic E-state index is 12.6. The zero-order chi connectivity index (χ0) is 18.7. The van der Waals surface area contributed by atoms with Gasteiger partial charge in [-0.15, -0.1) is 0 Å². The second-order valence-corrected chi connectivity index (χ2v) is 6.61. The molecule has 0 spiro atoms. The molecule has 3 rings (SSSR count). The van der Waals surface area contributed by atoms with Crippen molar-refractivity contribution >= 4 is 17.8 Å². The van der Waals surface area contributed by atoms with E-state index in [0.717, 1.165) is 25.7 Å². The Labute approximate surface area is 151 Å². The minimum Gasteiger partial charge on any atom is -0.480 e. The summed E-state index contributed by atoms with van der Waals surface area (Å²) < 4.78 is 6.75. The van der Waals surface area contributed by atoms with Crippen LogP contribution in [0.25, 0.3) is 0 Å². The first kappa shape index (κ1) is 17.9. The molecule has 1 saturated carbocycles. The Morgan fingerprint density at radius 2 is 2.08 bits per heavy atom. The molecule has 1 atom stereocenters. The van der Waals surface area contributed by atoms with E-state index in [1.165, 1.54) is 13.3 Å². The van der Waals surface area contributed by atoms with Crippen molar-refractivity contribution in [3.63, 3.8) is 0 Å². The predicted octanol–water partition coefficient (Wildman–Crippen LogP) is 1.71. The first-order valence-electron chi connectivity index (χ1n) is 8.53. The first-order chi connectivity index (χ1) is 12.5. The van der Waals surface area contributed by atoms with E-state index in [1.807, 2.05) is 4.57 Å². The van der Waals surface area contributed by atoms with E-state index in [2.05, 4.69) is 9.97 Å². The van der Waals surface area contributed by atoms with E-state index in [4.69, 9.17) is 10.5 Å². The number of methoxy groups -OCH3 is 1.